The van der Waals surface area contributed by atoms with E-state index in [1.54, 1.807) is 0 Å². The normalized spacial score (nSPS) is 11.0. The molecule has 0 rings (SSSR count). The van der Waals surface area contributed by atoms with E-state index in [0.717, 1.165) is 5.57 Å². The van der Waals surface area contributed by atoms with Gasteiger partial charge in [0.1, 0.15) is 0 Å². The lowest BCUT2D eigenvalue weighted by atomic mass is 10.2. The van der Waals surface area contributed by atoms with Crippen molar-refractivity contribution in [3.63, 3.8) is 0 Å². The zero-order valence-corrected chi connectivity index (χ0v) is 9.42. The van der Waals surface area contributed by atoms with E-state index in [4.69, 9.17) is 17.3 Å². The molecule has 0 atom stereocenters. The molecule has 0 aliphatic carbocycles. The fraction of sp³-hybridized carbons (Fsp3) is 0.625. The summed E-state index contributed by atoms with van der Waals surface area (Å²) in [4.78, 5) is 2.92. The first-order chi connectivity index (χ1) is 4.95. The smallest absolute Gasteiger partial charge is 0.248 e. The van der Waals surface area contributed by atoms with Gasteiger partial charge in [-0.25, -0.2) is 4.99 Å². The van der Waals surface area contributed by atoms with Gasteiger partial charge in [0.2, 0.25) is 5.84 Å². The van der Waals surface area contributed by atoms with Crippen LogP contribution in [0.1, 0.15) is 27.7 Å². The summed E-state index contributed by atoms with van der Waals surface area (Å²) < 4.78 is 0. The molecule has 0 fully saturated rings. The van der Waals surface area contributed by atoms with Crippen molar-refractivity contribution in [2.45, 2.75) is 27.7 Å². The van der Waals surface area contributed by atoms with E-state index in [1.807, 2.05) is 27.7 Å². The maximum absolute atomic E-state index is 5.82. The number of nitrogens with two attached hydrogens (primary N) is 1. The fourth-order valence-corrected chi connectivity index (χ4v) is 0.505. The Morgan fingerprint density at radius 2 is 1.75 bits per heavy atom. The van der Waals surface area contributed by atoms with E-state index in [0.29, 0.717) is 16.9 Å². The maximum atomic E-state index is 5.82. The minimum absolute atomic E-state index is 0. The molecule has 0 aliphatic rings. The molecule has 0 amide bonds. The summed E-state index contributed by atoms with van der Waals surface area (Å²) >= 11 is 5.82. The van der Waals surface area contributed by atoms with Crippen molar-refractivity contribution in [2.75, 3.05) is 0 Å². The summed E-state index contributed by atoms with van der Waals surface area (Å²) in [7, 11) is 0. The zero-order chi connectivity index (χ0) is 9.02. The lowest BCUT2D eigenvalue weighted by molar-refractivity contribution is -0.388. The Labute approximate surface area is 85.3 Å². The Morgan fingerprint density at radius 3 is 2.00 bits per heavy atom. The van der Waals surface area contributed by atoms with Gasteiger partial charge in [-0.05, 0) is 31.0 Å². The van der Waals surface area contributed by atoms with Crippen LogP contribution in [0, 0.1) is 5.92 Å². The number of rotatable bonds is 2. The van der Waals surface area contributed by atoms with Crippen molar-refractivity contribution in [3.05, 3.63) is 10.7 Å². The number of halogens is 2. The van der Waals surface area contributed by atoms with Crippen LogP contribution in [0.15, 0.2) is 10.7 Å². The summed E-state index contributed by atoms with van der Waals surface area (Å²) in [5, 5.41) is 0.621. The van der Waals surface area contributed by atoms with Crippen LogP contribution >= 0.6 is 11.6 Å². The van der Waals surface area contributed by atoms with E-state index in [2.05, 4.69) is 4.99 Å². The van der Waals surface area contributed by atoms with Crippen LogP contribution in [0.5, 0.6) is 0 Å². The average molecular weight is 211 g/mol. The third-order valence-electron chi connectivity index (χ3n) is 1.32. The van der Waals surface area contributed by atoms with Crippen molar-refractivity contribution < 1.29 is 17.4 Å². The highest BCUT2D eigenvalue weighted by Crippen LogP contribution is 1.97. The van der Waals surface area contributed by atoms with E-state index < -0.39 is 0 Å². The molecule has 0 saturated heterocycles. The molecule has 3 N–H and O–H groups in total. The predicted molar refractivity (Wildman–Crippen MR) is 49.2 cm³/mol. The van der Waals surface area contributed by atoms with Crippen LogP contribution in [-0.4, -0.2) is 5.84 Å². The van der Waals surface area contributed by atoms with Crippen molar-refractivity contribution in [1.82, 2.24) is 0 Å². The molecule has 0 aliphatic heterocycles. The molecule has 0 heterocycles. The summed E-state index contributed by atoms with van der Waals surface area (Å²) in [5.74, 6) is 1.01. The molecule has 0 aromatic carbocycles. The molecule has 0 aromatic heterocycles. The second-order valence-corrected chi connectivity index (χ2v) is 3.43. The van der Waals surface area contributed by atoms with Crippen LogP contribution in [0.4, 0.5) is 0 Å². The van der Waals surface area contributed by atoms with Gasteiger partial charge < -0.3 is 12.4 Å². The van der Waals surface area contributed by atoms with Gasteiger partial charge in [-0.1, -0.05) is 13.8 Å². The third kappa shape index (κ3) is 5.44. The number of allylic oxidation sites excluding steroid dienone is 1. The second-order valence-electron chi connectivity index (χ2n) is 3.05. The highest BCUT2D eigenvalue weighted by molar-refractivity contribution is 6.28. The molecule has 0 aromatic rings. The Hall–Kier alpha value is -0.210. The Bertz CT molecular complexity index is 191. The van der Waals surface area contributed by atoms with Crippen LogP contribution in [0.2, 0.25) is 0 Å². The highest BCUT2D eigenvalue weighted by Gasteiger charge is 2.05. The quantitative estimate of drug-likeness (QED) is 0.298. The van der Waals surface area contributed by atoms with Crippen LogP contribution in [-0.2, 0) is 0 Å². The molecule has 72 valence electrons. The number of nitrogens with one attached hydrogen (secondary N) is 1. The molecule has 0 saturated carbocycles. The molecule has 0 bridgehead atoms. The van der Waals surface area contributed by atoms with Crippen LogP contribution in [0.3, 0.4) is 0 Å². The van der Waals surface area contributed by atoms with Gasteiger partial charge >= 0.3 is 0 Å². The Morgan fingerprint density at radius 1 is 1.33 bits per heavy atom. The molecular weight excluding hydrogens is 195 g/mol. The van der Waals surface area contributed by atoms with Crippen molar-refractivity contribution >= 4 is 17.4 Å². The van der Waals surface area contributed by atoms with Crippen molar-refractivity contribution in [2.24, 2.45) is 11.7 Å². The summed E-state index contributed by atoms with van der Waals surface area (Å²) in [6.07, 6.45) is 0. The zero-order valence-electron chi connectivity index (χ0n) is 7.91. The number of hydrogen-bond acceptors (Lipinski definition) is 0. The van der Waals surface area contributed by atoms with E-state index in [1.165, 1.54) is 0 Å². The minimum atomic E-state index is 0. The minimum Gasteiger partial charge on any atom is -1.00 e. The fourth-order valence-electron chi connectivity index (χ4n) is 0.396. The van der Waals surface area contributed by atoms with Crippen molar-refractivity contribution in [1.29, 1.82) is 0 Å². The first kappa shape index (κ1) is 14.3. The van der Waals surface area contributed by atoms with Crippen molar-refractivity contribution in [3.8, 4) is 0 Å². The Balaban J connectivity index is 0. The molecule has 0 unspecified atom stereocenters. The van der Waals surface area contributed by atoms with Gasteiger partial charge in [0, 0.05) is 0 Å². The second kappa shape index (κ2) is 6.32. The average Bonchev–Trinajstić information content (AvgIpc) is 1.87. The topological polar surface area (TPSA) is 40.0 Å². The SMILES string of the molecule is CC(C)=C(Cl)/[NH+]=C(/N)C(C)C.[Cl-]. The van der Waals surface area contributed by atoms with Gasteiger partial charge in [0.05, 0.1) is 5.92 Å². The molecule has 4 heteroatoms. The first-order valence-electron chi connectivity index (χ1n) is 3.67. The van der Waals surface area contributed by atoms with Gasteiger partial charge in [-0.3, -0.25) is 5.73 Å². The summed E-state index contributed by atoms with van der Waals surface area (Å²) in [6, 6.07) is 0. The van der Waals surface area contributed by atoms with Gasteiger partial charge in [-0.2, -0.15) is 0 Å². The lowest BCUT2D eigenvalue weighted by Crippen LogP contribution is -3.00. The largest absolute Gasteiger partial charge is 1.00 e. The molecule has 0 spiro atoms. The van der Waals surface area contributed by atoms with Crippen LogP contribution in [0.25, 0.3) is 0 Å². The highest BCUT2D eigenvalue weighted by atomic mass is 35.5. The number of hydrogen-bond donors (Lipinski definition) is 2. The number of amidine groups is 1. The van der Waals surface area contributed by atoms with Crippen LogP contribution < -0.4 is 23.1 Å². The summed E-state index contributed by atoms with van der Waals surface area (Å²) in [5.41, 5.74) is 6.68. The molecular formula is C8H16Cl2N2. The predicted octanol–water partition coefficient (Wildman–Crippen LogP) is -2.43. The van der Waals surface area contributed by atoms with E-state index in [9.17, 15) is 0 Å². The molecule has 0 radical (unpaired) electrons. The third-order valence-corrected chi connectivity index (χ3v) is 1.79. The lowest BCUT2D eigenvalue weighted by Gasteiger charge is -1.97. The first-order valence-corrected chi connectivity index (χ1v) is 4.05. The van der Waals surface area contributed by atoms with Gasteiger partial charge in [0.15, 0.2) is 5.16 Å². The molecule has 2 nitrogen and oxygen atoms in total. The van der Waals surface area contributed by atoms with Gasteiger partial charge in [-0.15, -0.1) is 0 Å². The molecule has 12 heavy (non-hydrogen) atoms. The maximum Gasteiger partial charge on any atom is 0.248 e. The van der Waals surface area contributed by atoms with E-state index >= 15 is 0 Å². The standard InChI is InChI=1S/C8H15ClN2.ClH/c1-5(2)7(9)11-8(10)6(3)4;/h6H,1-4H3,(H2,10,11);1H. The van der Waals surface area contributed by atoms with Gasteiger partial charge in [0.25, 0.3) is 0 Å². The monoisotopic (exact) mass is 210 g/mol. The van der Waals surface area contributed by atoms with E-state index in [-0.39, 0.29) is 12.4 Å². The summed E-state index contributed by atoms with van der Waals surface area (Å²) in [6.45, 7) is 7.89. The Kier molecular flexibility index (Phi) is 7.54.